The van der Waals surface area contributed by atoms with Gasteiger partial charge in [-0.25, -0.2) is 4.39 Å². The van der Waals surface area contributed by atoms with Gasteiger partial charge in [0.25, 0.3) is 11.5 Å². The molecular formula is C19H13F2IN4O5. The minimum Gasteiger partial charge on any atom is -0.453 e. The van der Waals surface area contributed by atoms with Crippen LogP contribution >= 0.6 is 22.6 Å². The second-order valence-corrected chi connectivity index (χ2v) is 7.44. The van der Waals surface area contributed by atoms with Crippen LogP contribution in [0.4, 0.5) is 26.0 Å². The number of hydrogen-bond donors (Lipinski definition) is 2. The first kappa shape index (κ1) is 22.1. The van der Waals surface area contributed by atoms with Crippen LogP contribution in [0.2, 0.25) is 0 Å². The fourth-order valence-corrected chi connectivity index (χ4v) is 3.15. The zero-order chi connectivity index (χ0) is 22.9. The first-order valence-electron chi connectivity index (χ1n) is 8.46. The van der Waals surface area contributed by atoms with Gasteiger partial charge in [-0.15, -0.1) is 0 Å². The third-order valence-corrected chi connectivity index (χ3v) is 4.86. The van der Waals surface area contributed by atoms with E-state index in [9.17, 15) is 28.5 Å². The van der Waals surface area contributed by atoms with Crippen molar-refractivity contribution in [3.05, 3.63) is 83.7 Å². The Morgan fingerprint density at radius 2 is 1.94 bits per heavy atom. The van der Waals surface area contributed by atoms with Crippen molar-refractivity contribution in [2.75, 3.05) is 5.32 Å². The van der Waals surface area contributed by atoms with Crippen LogP contribution in [0.5, 0.6) is 11.5 Å². The van der Waals surface area contributed by atoms with Gasteiger partial charge >= 0.3 is 5.69 Å². The molecule has 0 saturated carbocycles. The van der Waals surface area contributed by atoms with E-state index in [-0.39, 0.29) is 17.1 Å². The van der Waals surface area contributed by atoms with Crippen LogP contribution in [-0.2, 0) is 7.05 Å². The van der Waals surface area contributed by atoms with Crippen LogP contribution in [0, 0.1) is 25.3 Å². The Labute approximate surface area is 186 Å². The van der Waals surface area contributed by atoms with Crippen LogP contribution in [0.15, 0.2) is 47.3 Å². The number of nitrogens with two attached hydrogens (primary N) is 1. The van der Waals surface area contributed by atoms with E-state index in [4.69, 9.17) is 10.5 Å². The van der Waals surface area contributed by atoms with Crippen LogP contribution in [0.25, 0.3) is 0 Å². The summed E-state index contributed by atoms with van der Waals surface area (Å²) in [4.78, 5) is 34.6. The van der Waals surface area contributed by atoms with Crippen molar-refractivity contribution in [1.29, 1.82) is 0 Å². The fraction of sp³-hybridized carbons (Fsp3) is 0.0526. The van der Waals surface area contributed by atoms with E-state index in [2.05, 4.69) is 5.32 Å². The summed E-state index contributed by atoms with van der Waals surface area (Å²) < 4.78 is 35.7. The maximum atomic E-state index is 14.4. The summed E-state index contributed by atoms with van der Waals surface area (Å²) in [5, 5.41) is 13.6. The Kier molecular flexibility index (Phi) is 6.19. The molecule has 0 aliphatic carbocycles. The van der Waals surface area contributed by atoms with Gasteiger partial charge in [-0.1, -0.05) is 6.07 Å². The monoisotopic (exact) mass is 542 g/mol. The lowest BCUT2D eigenvalue weighted by atomic mass is 10.2. The van der Waals surface area contributed by atoms with Crippen molar-refractivity contribution in [3.8, 4) is 11.5 Å². The lowest BCUT2D eigenvalue weighted by molar-refractivity contribution is -0.387. The number of nitrogens with zero attached hydrogens (tertiary/aromatic N) is 2. The van der Waals surface area contributed by atoms with Crippen molar-refractivity contribution < 1.29 is 23.2 Å². The molecule has 0 fully saturated rings. The molecule has 0 spiro atoms. The lowest BCUT2D eigenvalue weighted by Crippen LogP contribution is -2.25. The number of hydrogen-bond acceptors (Lipinski definition) is 6. The summed E-state index contributed by atoms with van der Waals surface area (Å²) in [6.07, 6.45) is 0. The Morgan fingerprint density at radius 1 is 1.23 bits per heavy atom. The van der Waals surface area contributed by atoms with Gasteiger partial charge in [0.05, 0.1) is 10.6 Å². The Balaban J connectivity index is 2.17. The molecule has 1 aromatic heterocycles. The van der Waals surface area contributed by atoms with Crippen LogP contribution in [-0.4, -0.2) is 15.4 Å². The number of aromatic nitrogens is 1. The van der Waals surface area contributed by atoms with Gasteiger partial charge < -0.3 is 15.8 Å². The smallest absolute Gasteiger partial charge is 0.308 e. The number of nitro benzene ring substituents is 1. The van der Waals surface area contributed by atoms with E-state index in [1.807, 2.05) is 22.6 Å². The summed E-state index contributed by atoms with van der Waals surface area (Å²) >= 11 is 1.91. The van der Waals surface area contributed by atoms with Gasteiger partial charge in [0.2, 0.25) is 5.82 Å². The van der Waals surface area contributed by atoms with Gasteiger partial charge in [0.15, 0.2) is 5.75 Å². The number of nitrogens with one attached hydrogen (secondary N) is 1. The van der Waals surface area contributed by atoms with E-state index in [0.717, 1.165) is 22.8 Å². The molecule has 9 nitrogen and oxygen atoms in total. The van der Waals surface area contributed by atoms with Crippen LogP contribution in [0.3, 0.4) is 0 Å². The van der Waals surface area contributed by atoms with Gasteiger partial charge in [0.1, 0.15) is 22.9 Å². The van der Waals surface area contributed by atoms with Crippen molar-refractivity contribution in [3.63, 3.8) is 0 Å². The van der Waals surface area contributed by atoms with Gasteiger partial charge in [-0.3, -0.25) is 24.3 Å². The number of benzene rings is 2. The normalized spacial score (nSPS) is 10.6. The van der Waals surface area contributed by atoms with Crippen LogP contribution < -0.4 is 21.3 Å². The zero-order valence-electron chi connectivity index (χ0n) is 15.7. The zero-order valence-corrected chi connectivity index (χ0v) is 17.8. The highest BCUT2D eigenvalue weighted by molar-refractivity contribution is 14.1. The van der Waals surface area contributed by atoms with E-state index >= 15 is 0 Å². The molecule has 3 N–H and O–H groups in total. The van der Waals surface area contributed by atoms with Crippen LogP contribution in [0.1, 0.15) is 10.4 Å². The van der Waals surface area contributed by atoms with E-state index in [1.165, 1.54) is 25.2 Å². The second kappa shape index (κ2) is 8.67. The Hall–Kier alpha value is -3.55. The number of halogens is 3. The predicted molar refractivity (Wildman–Crippen MR) is 116 cm³/mol. The summed E-state index contributed by atoms with van der Waals surface area (Å²) in [5.74, 6) is -4.29. The molecular weight excluding hydrogens is 529 g/mol. The topological polar surface area (TPSA) is 129 Å². The van der Waals surface area contributed by atoms with Gasteiger partial charge in [-0.05, 0) is 46.9 Å². The number of nitro groups is 1. The summed E-state index contributed by atoms with van der Waals surface area (Å²) in [7, 11) is 1.30. The summed E-state index contributed by atoms with van der Waals surface area (Å²) in [6.45, 7) is 0. The summed E-state index contributed by atoms with van der Waals surface area (Å²) in [5.41, 5.74) is 3.45. The van der Waals surface area contributed by atoms with E-state index < -0.39 is 45.2 Å². The van der Waals surface area contributed by atoms with Gasteiger partial charge in [0, 0.05) is 22.8 Å². The van der Waals surface area contributed by atoms with Crippen molar-refractivity contribution in [1.82, 2.24) is 4.57 Å². The third kappa shape index (κ3) is 4.47. The molecule has 0 saturated heterocycles. The molecule has 0 aliphatic heterocycles. The highest BCUT2D eigenvalue weighted by Crippen LogP contribution is 2.34. The standard InChI is InChI=1S/C19H13F2IN4O5/c1-25-15(27)8-14(31-13-4-2-3-12(17(13)21)26(29)30)16(18(23)28)19(25)24-11-6-5-9(22)7-10(11)20/h2-8,24H,1H3,(H2,23,28). The van der Waals surface area contributed by atoms with E-state index in [1.54, 1.807) is 6.07 Å². The number of anilines is 2. The fourth-order valence-electron chi connectivity index (χ4n) is 2.70. The molecule has 0 radical (unpaired) electrons. The number of amides is 1. The van der Waals surface area contributed by atoms with E-state index in [0.29, 0.717) is 3.57 Å². The maximum Gasteiger partial charge on any atom is 0.308 e. The highest BCUT2D eigenvalue weighted by atomic mass is 127. The average molecular weight is 542 g/mol. The number of primary amides is 1. The van der Waals surface area contributed by atoms with Crippen molar-refractivity contribution >= 4 is 45.7 Å². The number of carbonyl (C=O) groups excluding carboxylic acids is 1. The maximum absolute atomic E-state index is 14.4. The molecule has 0 atom stereocenters. The lowest BCUT2D eigenvalue weighted by Gasteiger charge is -2.18. The Morgan fingerprint density at radius 3 is 2.55 bits per heavy atom. The molecule has 3 aromatic rings. The number of rotatable bonds is 6. The molecule has 12 heteroatoms. The van der Waals surface area contributed by atoms with Gasteiger partial charge in [-0.2, -0.15) is 4.39 Å². The minimum atomic E-state index is -1.30. The first-order valence-corrected chi connectivity index (χ1v) is 9.54. The number of pyridine rings is 1. The molecule has 2 aromatic carbocycles. The SMILES string of the molecule is Cn1c(Nc2ccc(I)cc2F)c(C(N)=O)c(Oc2cccc([N+](=O)[O-])c2F)cc1=O. The molecule has 3 rings (SSSR count). The van der Waals surface area contributed by atoms with Crippen molar-refractivity contribution in [2.45, 2.75) is 0 Å². The molecule has 160 valence electrons. The summed E-state index contributed by atoms with van der Waals surface area (Å²) in [6, 6.07) is 8.25. The largest absolute Gasteiger partial charge is 0.453 e. The molecule has 1 amide bonds. The molecule has 31 heavy (non-hydrogen) atoms. The molecule has 0 aliphatic rings. The molecule has 0 bridgehead atoms. The highest BCUT2D eigenvalue weighted by Gasteiger charge is 2.24. The predicted octanol–water partition coefficient (Wildman–Crippen LogP) is 3.81. The number of carbonyl (C=O) groups is 1. The molecule has 1 heterocycles. The minimum absolute atomic E-state index is 0.0587. The average Bonchev–Trinajstić information content (AvgIpc) is 2.68. The second-order valence-electron chi connectivity index (χ2n) is 6.19. The van der Waals surface area contributed by atoms with Crippen molar-refractivity contribution in [2.24, 2.45) is 12.8 Å². The Bertz CT molecular complexity index is 1280. The molecule has 0 unspecified atom stereocenters. The first-order chi connectivity index (χ1) is 14.6. The quantitative estimate of drug-likeness (QED) is 0.277. The third-order valence-electron chi connectivity index (χ3n) is 4.19. The number of ether oxygens (including phenoxy) is 1.